The molecule has 1 aromatic carbocycles. The van der Waals surface area contributed by atoms with Crippen molar-refractivity contribution in [3.63, 3.8) is 0 Å². The predicted molar refractivity (Wildman–Crippen MR) is 61.6 cm³/mol. The number of amides is 1. The summed E-state index contributed by atoms with van der Waals surface area (Å²) < 4.78 is 10.1. The normalized spacial score (nSPS) is 9.88. The number of carbonyl (C=O) groups is 1. The Bertz CT molecular complexity index is 339. The second-order valence-electron chi connectivity index (χ2n) is 3.45. The van der Waals surface area contributed by atoms with Crippen LogP contribution in [0.1, 0.15) is 5.56 Å². The van der Waals surface area contributed by atoms with Gasteiger partial charge in [0.05, 0.1) is 6.54 Å². The SMILES string of the molecule is COCC(=O)NCCOc1cccc(C)c1. The fourth-order valence-electron chi connectivity index (χ4n) is 1.25. The molecule has 4 nitrogen and oxygen atoms in total. The molecule has 0 aliphatic rings. The lowest BCUT2D eigenvalue weighted by Gasteiger charge is -2.07. The highest BCUT2D eigenvalue weighted by atomic mass is 16.5. The van der Waals surface area contributed by atoms with Gasteiger partial charge < -0.3 is 14.8 Å². The molecule has 1 rings (SSSR count). The third-order valence-electron chi connectivity index (χ3n) is 1.96. The molecule has 0 fully saturated rings. The average Bonchev–Trinajstić information content (AvgIpc) is 2.25. The Morgan fingerprint density at radius 1 is 1.44 bits per heavy atom. The number of nitrogens with one attached hydrogen (secondary N) is 1. The molecular weight excluding hydrogens is 206 g/mol. The molecule has 0 aromatic heterocycles. The topological polar surface area (TPSA) is 47.6 Å². The predicted octanol–water partition coefficient (Wildman–Crippen LogP) is 1.14. The van der Waals surface area contributed by atoms with E-state index in [1.165, 1.54) is 7.11 Å². The molecule has 1 N–H and O–H groups in total. The summed E-state index contributed by atoms with van der Waals surface area (Å²) >= 11 is 0. The molecule has 0 aliphatic carbocycles. The summed E-state index contributed by atoms with van der Waals surface area (Å²) in [6.45, 7) is 3.03. The van der Waals surface area contributed by atoms with Crippen molar-refractivity contribution in [2.75, 3.05) is 26.9 Å². The van der Waals surface area contributed by atoms with E-state index in [2.05, 4.69) is 10.1 Å². The molecule has 0 heterocycles. The maximum atomic E-state index is 11.0. The lowest BCUT2D eigenvalue weighted by molar-refractivity contribution is -0.124. The summed E-state index contributed by atoms with van der Waals surface area (Å²) in [4.78, 5) is 11.0. The zero-order valence-corrected chi connectivity index (χ0v) is 9.66. The van der Waals surface area contributed by atoms with E-state index < -0.39 is 0 Å². The molecule has 0 bridgehead atoms. The first-order valence-corrected chi connectivity index (χ1v) is 5.17. The summed E-state index contributed by atoms with van der Waals surface area (Å²) in [5, 5.41) is 2.68. The zero-order valence-electron chi connectivity index (χ0n) is 9.66. The van der Waals surface area contributed by atoms with Gasteiger partial charge in [0.1, 0.15) is 19.0 Å². The standard InChI is InChI=1S/C12H17NO3/c1-10-4-3-5-11(8-10)16-7-6-13-12(14)9-15-2/h3-5,8H,6-7,9H2,1-2H3,(H,13,14). The summed E-state index contributed by atoms with van der Waals surface area (Å²) in [6, 6.07) is 7.79. The van der Waals surface area contributed by atoms with Gasteiger partial charge in [0.15, 0.2) is 0 Å². The van der Waals surface area contributed by atoms with Gasteiger partial charge in [-0.2, -0.15) is 0 Å². The Hall–Kier alpha value is -1.55. The van der Waals surface area contributed by atoms with Crippen molar-refractivity contribution in [3.8, 4) is 5.75 Å². The minimum Gasteiger partial charge on any atom is -0.492 e. The number of aryl methyl sites for hydroxylation is 1. The number of hydrogen-bond donors (Lipinski definition) is 1. The molecule has 0 unspecified atom stereocenters. The first-order valence-electron chi connectivity index (χ1n) is 5.17. The minimum absolute atomic E-state index is 0.0877. The van der Waals surface area contributed by atoms with Crippen molar-refractivity contribution >= 4 is 5.91 Å². The smallest absolute Gasteiger partial charge is 0.246 e. The van der Waals surface area contributed by atoms with Crippen LogP contribution in [0, 0.1) is 6.92 Å². The first kappa shape index (κ1) is 12.5. The van der Waals surface area contributed by atoms with Gasteiger partial charge >= 0.3 is 0 Å². The molecule has 0 spiro atoms. The Morgan fingerprint density at radius 3 is 2.94 bits per heavy atom. The van der Waals surface area contributed by atoms with Crippen molar-refractivity contribution in [1.29, 1.82) is 0 Å². The van der Waals surface area contributed by atoms with Gasteiger partial charge in [-0.1, -0.05) is 12.1 Å². The van der Waals surface area contributed by atoms with Crippen LogP contribution in [0.25, 0.3) is 0 Å². The largest absolute Gasteiger partial charge is 0.492 e. The average molecular weight is 223 g/mol. The van der Waals surface area contributed by atoms with E-state index in [0.29, 0.717) is 13.2 Å². The number of hydrogen-bond acceptors (Lipinski definition) is 3. The van der Waals surface area contributed by atoms with Crippen LogP contribution >= 0.6 is 0 Å². The third kappa shape index (κ3) is 4.79. The second kappa shape index (κ2) is 6.85. The molecule has 1 aromatic rings. The highest BCUT2D eigenvalue weighted by Crippen LogP contribution is 2.11. The van der Waals surface area contributed by atoms with Gasteiger partial charge in [-0.3, -0.25) is 4.79 Å². The van der Waals surface area contributed by atoms with E-state index in [4.69, 9.17) is 4.74 Å². The fourth-order valence-corrected chi connectivity index (χ4v) is 1.25. The molecule has 1 amide bonds. The quantitative estimate of drug-likeness (QED) is 0.736. The zero-order chi connectivity index (χ0) is 11.8. The van der Waals surface area contributed by atoms with Crippen molar-refractivity contribution in [3.05, 3.63) is 29.8 Å². The molecule has 4 heteroatoms. The van der Waals surface area contributed by atoms with Gasteiger partial charge in [0.2, 0.25) is 5.91 Å². The van der Waals surface area contributed by atoms with Gasteiger partial charge in [0.25, 0.3) is 0 Å². The van der Waals surface area contributed by atoms with Crippen LogP contribution in [0.2, 0.25) is 0 Å². The van der Waals surface area contributed by atoms with Gasteiger partial charge in [0, 0.05) is 7.11 Å². The van der Waals surface area contributed by atoms with Crippen molar-refractivity contribution < 1.29 is 14.3 Å². The molecule has 88 valence electrons. The summed E-state index contributed by atoms with van der Waals surface area (Å²) in [5.74, 6) is 0.691. The van der Waals surface area contributed by atoms with Crippen molar-refractivity contribution in [2.24, 2.45) is 0 Å². The first-order chi connectivity index (χ1) is 7.72. The highest BCUT2D eigenvalue weighted by Gasteiger charge is 1.98. The lowest BCUT2D eigenvalue weighted by atomic mass is 10.2. The minimum atomic E-state index is -0.129. The summed E-state index contributed by atoms with van der Waals surface area (Å²) in [7, 11) is 1.49. The molecule has 0 atom stereocenters. The van der Waals surface area contributed by atoms with Gasteiger partial charge in [-0.15, -0.1) is 0 Å². The number of rotatable bonds is 6. The Morgan fingerprint density at radius 2 is 2.25 bits per heavy atom. The Balaban J connectivity index is 2.18. The number of benzene rings is 1. The fraction of sp³-hybridized carbons (Fsp3) is 0.417. The molecule has 0 saturated carbocycles. The van der Waals surface area contributed by atoms with Crippen molar-refractivity contribution in [2.45, 2.75) is 6.92 Å². The van der Waals surface area contributed by atoms with E-state index in [1.807, 2.05) is 31.2 Å². The Kier molecular flexibility index (Phi) is 5.36. The molecule has 0 saturated heterocycles. The van der Waals surface area contributed by atoms with E-state index in [-0.39, 0.29) is 12.5 Å². The lowest BCUT2D eigenvalue weighted by Crippen LogP contribution is -2.30. The van der Waals surface area contributed by atoms with E-state index >= 15 is 0 Å². The van der Waals surface area contributed by atoms with Crippen LogP contribution < -0.4 is 10.1 Å². The second-order valence-corrected chi connectivity index (χ2v) is 3.45. The molecule has 16 heavy (non-hydrogen) atoms. The van der Waals surface area contributed by atoms with Crippen LogP contribution in [-0.2, 0) is 9.53 Å². The van der Waals surface area contributed by atoms with Crippen LogP contribution in [-0.4, -0.2) is 32.8 Å². The van der Waals surface area contributed by atoms with E-state index in [1.54, 1.807) is 0 Å². The maximum absolute atomic E-state index is 11.0. The number of ether oxygens (including phenoxy) is 2. The Labute approximate surface area is 95.6 Å². The van der Waals surface area contributed by atoms with Gasteiger partial charge in [-0.25, -0.2) is 0 Å². The summed E-state index contributed by atoms with van der Waals surface area (Å²) in [6.07, 6.45) is 0. The van der Waals surface area contributed by atoms with Crippen LogP contribution in [0.4, 0.5) is 0 Å². The van der Waals surface area contributed by atoms with Crippen molar-refractivity contribution in [1.82, 2.24) is 5.32 Å². The number of carbonyl (C=O) groups excluding carboxylic acids is 1. The van der Waals surface area contributed by atoms with E-state index in [0.717, 1.165) is 11.3 Å². The van der Waals surface area contributed by atoms with Crippen LogP contribution in [0.5, 0.6) is 5.75 Å². The molecule has 0 aliphatic heterocycles. The van der Waals surface area contributed by atoms with E-state index in [9.17, 15) is 4.79 Å². The molecular formula is C12H17NO3. The highest BCUT2D eigenvalue weighted by molar-refractivity contribution is 5.77. The maximum Gasteiger partial charge on any atom is 0.246 e. The molecule has 0 radical (unpaired) electrons. The third-order valence-corrected chi connectivity index (χ3v) is 1.96. The number of methoxy groups -OCH3 is 1. The summed E-state index contributed by atoms with van der Waals surface area (Å²) in [5.41, 5.74) is 1.15. The van der Waals surface area contributed by atoms with Crippen LogP contribution in [0.3, 0.4) is 0 Å². The monoisotopic (exact) mass is 223 g/mol. The van der Waals surface area contributed by atoms with Gasteiger partial charge in [-0.05, 0) is 24.6 Å². The van der Waals surface area contributed by atoms with Crippen LogP contribution in [0.15, 0.2) is 24.3 Å².